The monoisotopic (exact) mass is 437 g/mol. The Morgan fingerprint density at radius 2 is 1.97 bits per heavy atom. The third-order valence-corrected chi connectivity index (χ3v) is 5.79. The molecule has 32 heavy (non-hydrogen) atoms. The first-order chi connectivity index (χ1) is 15.5. The van der Waals surface area contributed by atoms with E-state index in [4.69, 9.17) is 4.74 Å². The Hall–Kier alpha value is -3.23. The molecule has 0 unspecified atom stereocenters. The van der Waals surface area contributed by atoms with Crippen LogP contribution in [-0.2, 0) is 11.8 Å². The summed E-state index contributed by atoms with van der Waals surface area (Å²) in [4.78, 5) is 15.1. The maximum Gasteiger partial charge on any atom is 0.320 e. The number of halogens is 1. The SMILES string of the molecule is COCCN1C[C@@H](NC(=O)Nc2cc(-c3ccccc3)nn2C)[C@H](c2cccc(F)c2)C1. The van der Waals surface area contributed by atoms with Crippen molar-refractivity contribution >= 4 is 11.8 Å². The Bertz CT molecular complexity index is 1060. The average Bonchev–Trinajstić information content (AvgIpc) is 3.36. The van der Waals surface area contributed by atoms with Gasteiger partial charge >= 0.3 is 6.03 Å². The molecule has 0 saturated carbocycles. The van der Waals surface area contributed by atoms with Crippen LogP contribution in [0, 0.1) is 5.82 Å². The number of likely N-dealkylation sites (tertiary alicyclic amines) is 1. The minimum absolute atomic E-state index is 0.0141. The molecule has 2 N–H and O–H groups in total. The number of anilines is 1. The highest BCUT2D eigenvalue weighted by Crippen LogP contribution is 2.28. The number of carbonyl (C=O) groups excluding carboxylic acids is 1. The van der Waals surface area contributed by atoms with Crippen molar-refractivity contribution in [1.29, 1.82) is 0 Å². The van der Waals surface area contributed by atoms with Gasteiger partial charge in [-0.3, -0.25) is 14.9 Å². The van der Waals surface area contributed by atoms with E-state index >= 15 is 0 Å². The second-order valence-corrected chi connectivity index (χ2v) is 8.02. The Labute approximate surface area is 187 Å². The van der Waals surface area contributed by atoms with Crippen molar-refractivity contribution in [2.45, 2.75) is 12.0 Å². The molecule has 2 heterocycles. The standard InChI is InChI=1S/C24H28FN5O2/c1-29-23(14-21(28-29)17-7-4-3-5-8-17)27-24(31)26-22-16-30(11-12-32-2)15-20(22)18-9-6-10-19(25)13-18/h3-10,13-14,20,22H,11-12,15-16H2,1-2H3,(H2,26,27,31)/t20-,22+/m0/s1. The second kappa shape index (κ2) is 9.93. The Kier molecular flexibility index (Phi) is 6.82. The summed E-state index contributed by atoms with van der Waals surface area (Å²) >= 11 is 0. The van der Waals surface area contributed by atoms with E-state index in [1.807, 2.05) is 42.5 Å². The van der Waals surface area contributed by atoms with Crippen LogP contribution in [0.4, 0.5) is 15.0 Å². The summed E-state index contributed by atoms with van der Waals surface area (Å²) in [6.07, 6.45) is 0. The van der Waals surface area contributed by atoms with Gasteiger partial charge in [0, 0.05) is 51.3 Å². The topological polar surface area (TPSA) is 71.4 Å². The van der Waals surface area contributed by atoms with Gasteiger partial charge in [-0.1, -0.05) is 42.5 Å². The molecule has 0 bridgehead atoms. The van der Waals surface area contributed by atoms with Crippen LogP contribution >= 0.6 is 0 Å². The number of amides is 2. The van der Waals surface area contributed by atoms with Crippen molar-refractivity contribution in [1.82, 2.24) is 20.0 Å². The fourth-order valence-corrected chi connectivity index (χ4v) is 4.16. The van der Waals surface area contributed by atoms with Crippen molar-refractivity contribution in [3.8, 4) is 11.3 Å². The predicted octanol–water partition coefficient (Wildman–Crippen LogP) is 3.46. The van der Waals surface area contributed by atoms with Crippen molar-refractivity contribution in [3.63, 3.8) is 0 Å². The number of aryl methyl sites for hydroxylation is 1. The molecule has 8 heteroatoms. The lowest BCUT2D eigenvalue weighted by atomic mass is 9.94. The molecule has 168 valence electrons. The van der Waals surface area contributed by atoms with Crippen LogP contribution in [0.25, 0.3) is 11.3 Å². The van der Waals surface area contributed by atoms with E-state index in [-0.39, 0.29) is 23.8 Å². The van der Waals surface area contributed by atoms with E-state index in [9.17, 15) is 9.18 Å². The lowest BCUT2D eigenvalue weighted by Crippen LogP contribution is -2.42. The van der Waals surface area contributed by atoms with E-state index < -0.39 is 0 Å². The summed E-state index contributed by atoms with van der Waals surface area (Å²) in [5, 5.41) is 10.5. The number of nitrogens with one attached hydrogen (secondary N) is 2. The first kappa shape index (κ1) is 22.0. The van der Waals surface area contributed by atoms with E-state index in [0.717, 1.165) is 29.9 Å². The number of hydrogen-bond donors (Lipinski definition) is 2. The van der Waals surface area contributed by atoms with Crippen LogP contribution in [0.15, 0.2) is 60.7 Å². The lowest BCUT2D eigenvalue weighted by molar-refractivity contribution is 0.159. The molecule has 7 nitrogen and oxygen atoms in total. The van der Waals surface area contributed by atoms with E-state index in [0.29, 0.717) is 19.0 Å². The molecule has 1 aromatic heterocycles. The maximum absolute atomic E-state index is 13.8. The van der Waals surface area contributed by atoms with Crippen LogP contribution in [0.1, 0.15) is 11.5 Å². The normalized spacial score (nSPS) is 18.6. The number of carbonyl (C=O) groups is 1. The van der Waals surface area contributed by atoms with Gasteiger partial charge in [-0.25, -0.2) is 9.18 Å². The predicted molar refractivity (Wildman–Crippen MR) is 122 cm³/mol. The van der Waals surface area contributed by atoms with Crippen molar-refractivity contribution in [2.24, 2.45) is 7.05 Å². The zero-order valence-corrected chi connectivity index (χ0v) is 18.3. The van der Waals surface area contributed by atoms with Gasteiger partial charge in [0.15, 0.2) is 0 Å². The summed E-state index contributed by atoms with van der Waals surface area (Å²) in [5.74, 6) is 0.307. The number of benzene rings is 2. The molecule has 1 saturated heterocycles. The van der Waals surface area contributed by atoms with Crippen LogP contribution in [0.5, 0.6) is 0 Å². The quantitative estimate of drug-likeness (QED) is 0.594. The van der Waals surface area contributed by atoms with Crippen LogP contribution in [-0.4, -0.2) is 60.1 Å². The van der Waals surface area contributed by atoms with Gasteiger partial charge in [-0.15, -0.1) is 0 Å². The zero-order valence-electron chi connectivity index (χ0n) is 18.3. The summed E-state index contributed by atoms with van der Waals surface area (Å²) in [5.41, 5.74) is 2.64. The molecule has 2 atom stereocenters. The summed E-state index contributed by atoms with van der Waals surface area (Å²) in [7, 11) is 3.46. The lowest BCUT2D eigenvalue weighted by Gasteiger charge is -2.20. The highest BCUT2D eigenvalue weighted by Gasteiger charge is 2.35. The first-order valence-electron chi connectivity index (χ1n) is 10.7. The van der Waals surface area contributed by atoms with Gasteiger partial charge in [0.2, 0.25) is 0 Å². The molecule has 1 aliphatic heterocycles. The molecule has 0 aliphatic carbocycles. The number of urea groups is 1. The molecular formula is C24H28FN5O2. The Morgan fingerprint density at radius 3 is 2.72 bits per heavy atom. The third-order valence-electron chi connectivity index (χ3n) is 5.79. The molecule has 2 amide bonds. The van der Waals surface area contributed by atoms with Gasteiger partial charge in [0.25, 0.3) is 0 Å². The van der Waals surface area contributed by atoms with E-state index in [1.54, 1.807) is 31.0 Å². The summed E-state index contributed by atoms with van der Waals surface area (Å²) < 4.78 is 20.7. The molecule has 1 fully saturated rings. The summed E-state index contributed by atoms with van der Waals surface area (Å²) in [6, 6.07) is 17.8. The number of rotatable bonds is 7. The summed E-state index contributed by atoms with van der Waals surface area (Å²) in [6.45, 7) is 2.75. The molecule has 0 radical (unpaired) electrons. The zero-order chi connectivity index (χ0) is 22.5. The fourth-order valence-electron chi connectivity index (χ4n) is 4.16. The van der Waals surface area contributed by atoms with Gasteiger partial charge in [-0.05, 0) is 17.7 Å². The smallest absolute Gasteiger partial charge is 0.320 e. The van der Waals surface area contributed by atoms with Gasteiger partial charge in [0.1, 0.15) is 11.6 Å². The van der Waals surface area contributed by atoms with Crippen LogP contribution in [0.2, 0.25) is 0 Å². The highest BCUT2D eigenvalue weighted by atomic mass is 19.1. The van der Waals surface area contributed by atoms with E-state index in [2.05, 4.69) is 20.6 Å². The highest BCUT2D eigenvalue weighted by molar-refractivity contribution is 5.89. The van der Waals surface area contributed by atoms with Crippen LogP contribution < -0.4 is 10.6 Å². The first-order valence-corrected chi connectivity index (χ1v) is 10.7. The largest absolute Gasteiger partial charge is 0.383 e. The second-order valence-electron chi connectivity index (χ2n) is 8.02. The van der Waals surface area contributed by atoms with Gasteiger partial charge in [-0.2, -0.15) is 5.10 Å². The number of aromatic nitrogens is 2. The molecule has 2 aromatic carbocycles. The van der Waals surface area contributed by atoms with Crippen molar-refractivity contribution in [3.05, 3.63) is 72.0 Å². The van der Waals surface area contributed by atoms with E-state index in [1.165, 1.54) is 6.07 Å². The third kappa shape index (κ3) is 5.15. The molecule has 0 spiro atoms. The van der Waals surface area contributed by atoms with Crippen molar-refractivity contribution in [2.75, 3.05) is 38.7 Å². The Morgan fingerprint density at radius 1 is 1.16 bits per heavy atom. The molecule has 1 aliphatic rings. The minimum Gasteiger partial charge on any atom is -0.383 e. The maximum atomic E-state index is 13.8. The molecular weight excluding hydrogens is 409 g/mol. The van der Waals surface area contributed by atoms with Gasteiger partial charge in [0.05, 0.1) is 18.3 Å². The number of hydrogen-bond acceptors (Lipinski definition) is 4. The molecule has 3 aromatic rings. The van der Waals surface area contributed by atoms with Gasteiger partial charge < -0.3 is 10.1 Å². The molecule has 4 rings (SSSR count). The van der Waals surface area contributed by atoms with Crippen molar-refractivity contribution < 1.29 is 13.9 Å². The minimum atomic E-state index is -0.312. The average molecular weight is 438 g/mol. The Balaban J connectivity index is 1.46. The number of ether oxygens (including phenoxy) is 1. The number of methoxy groups -OCH3 is 1. The van der Waals surface area contributed by atoms with Crippen LogP contribution in [0.3, 0.4) is 0 Å². The fraction of sp³-hybridized carbons (Fsp3) is 0.333. The number of nitrogens with zero attached hydrogens (tertiary/aromatic N) is 3.